The Bertz CT molecular complexity index is 893. The molecular weight excluding hydrogens is 292 g/mol. The number of aromatic nitrogens is 2. The molecule has 2 aromatic carbocycles. The summed E-state index contributed by atoms with van der Waals surface area (Å²) in [4.78, 5) is 28.8. The number of imidazole rings is 1. The third-order valence-electron chi connectivity index (χ3n) is 3.70. The van der Waals surface area contributed by atoms with Gasteiger partial charge in [0.25, 0.3) is 0 Å². The van der Waals surface area contributed by atoms with Gasteiger partial charge in [-0.1, -0.05) is 23.8 Å². The predicted octanol–water partition coefficient (Wildman–Crippen LogP) is 3.05. The molecule has 6 nitrogen and oxygen atoms in total. The molecule has 0 saturated heterocycles. The first kappa shape index (κ1) is 14.9. The maximum atomic E-state index is 12.1. The molecule has 1 heterocycles. The van der Waals surface area contributed by atoms with Crippen LogP contribution in [0.25, 0.3) is 11.0 Å². The molecule has 23 heavy (non-hydrogen) atoms. The number of fused-ring (bicyclic) bond motifs is 1. The smallest absolute Gasteiger partial charge is 0.323 e. The van der Waals surface area contributed by atoms with Crippen molar-refractivity contribution in [2.75, 3.05) is 5.32 Å². The number of urea groups is 1. The number of hydrogen-bond donors (Lipinski definition) is 4. The maximum Gasteiger partial charge on any atom is 0.323 e. The van der Waals surface area contributed by atoms with Gasteiger partial charge in [-0.2, -0.15) is 0 Å². The predicted molar refractivity (Wildman–Crippen MR) is 90.7 cm³/mol. The summed E-state index contributed by atoms with van der Waals surface area (Å²) >= 11 is 0. The summed E-state index contributed by atoms with van der Waals surface area (Å²) in [5, 5.41) is 5.68. The van der Waals surface area contributed by atoms with Crippen molar-refractivity contribution in [1.82, 2.24) is 15.3 Å². The normalized spacial score (nSPS) is 12.1. The standard InChI is InChI=1S/C17H18N4O2/c1-10-3-6-13(7-4-10)19-16(22)18-11(2)12-5-8-14-15(9-12)21-17(23)20-14/h3-9,11H,1-2H3,(H2,18,19,22)(H2,20,21,23). The second kappa shape index (κ2) is 6.00. The van der Waals surface area contributed by atoms with Crippen LogP contribution in [0.3, 0.4) is 0 Å². The van der Waals surface area contributed by atoms with Crippen LogP contribution in [0.15, 0.2) is 47.3 Å². The fourth-order valence-corrected chi connectivity index (χ4v) is 2.40. The van der Waals surface area contributed by atoms with Crippen LogP contribution in [0, 0.1) is 6.92 Å². The topological polar surface area (TPSA) is 89.8 Å². The monoisotopic (exact) mass is 310 g/mol. The van der Waals surface area contributed by atoms with Gasteiger partial charge in [-0.3, -0.25) is 0 Å². The van der Waals surface area contributed by atoms with E-state index in [9.17, 15) is 9.59 Å². The second-order valence-electron chi connectivity index (χ2n) is 5.57. The molecular formula is C17H18N4O2. The Morgan fingerprint density at radius 2 is 1.74 bits per heavy atom. The molecule has 0 fully saturated rings. The molecule has 0 aliphatic heterocycles. The van der Waals surface area contributed by atoms with Crippen molar-refractivity contribution in [2.45, 2.75) is 19.9 Å². The molecule has 0 bridgehead atoms. The lowest BCUT2D eigenvalue weighted by Gasteiger charge is -2.15. The Morgan fingerprint density at radius 3 is 2.48 bits per heavy atom. The van der Waals surface area contributed by atoms with Gasteiger partial charge in [0.05, 0.1) is 17.1 Å². The molecule has 1 unspecified atom stereocenters. The Balaban J connectivity index is 1.69. The van der Waals surface area contributed by atoms with Crippen molar-refractivity contribution in [3.63, 3.8) is 0 Å². The van der Waals surface area contributed by atoms with Crippen molar-refractivity contribution < 1.29 is 4.79 Å². The second-order valence-corrected chi connectivity index (χ2v) is 5.57. The van der Waals surface area contributed by atoms with Gasteiger partial charge >= 0.3 is 11.7 Å². The number of aryl methyl sites for hydroxylation is 1. The van der Waals surface area contributed by atoms with Crippen LogP contribution in [0.1, 0.15) is 24.1 Å². The first-order chi connectivity index (χ1) is 11.0. The quantitative estimate of drug-likeness (QED) is 0.599. The maximum absolute atomic E-state index is 12.1. The lowest BCUT2D eigenvalue weighted by atomic mass is 10.1. The molecule has 2 amide bonds. The molecule has 118 valence electrons. The van der Waals surface area contributed by atoms with Gasteiger partial charge in [0, 0.05) is 5.69 Å². The number of H-pyrrole nitrogens is 2. The van der Waals surface area contributed by atoms with Crippen LogP contribution < -0.4 is 16.3 Å². The fraction of sp³-hybridized carbons (Fsp3) is 0.176. The van der Waals surface area contributed by atoms with Gasteiger partial charge in [0.15, 0.2) is 0 Å². The Kier molecular flexibility index (Phi) is 3.89. The molecule has 0 saturated carbocycles. The lowest BCUT2D eigenvalue weighted by molar-refractivity contribution is 0.249. The number of benzene rings is 2. The van der Waals surface area contributed by atoms with E-state index in [0.29, 0.717) is 0 Å². The first-order valence-corrected chi connectivity index (χ1v) is 7.37. The number of hydrogen-bond acceptors (Lipinski definition) is 2. The van der Waals surface area contributed by atoms with Crippen molar-refractivity contribution in [1.29, 1.82) is 0 Å². The van der Waals surface area contributed by atoms with E-state index in [0.717, 1.165) is 27.8 Å². The first-order valence-electron chi connectivity index (χ1n) is 7.37. The van der Waals surface area contributed by atoms with E-state index >= 15 is 0 Å². The highest BCUT2D eigenvalue weighted by Crippen LogP contribution is 2.17. The highest BCUT2D eigenvalue weighted by molar-refractivity contribution is 5.89. The van der Waals surface area contributed by atoms with E-state index in [1.807, 2.05) is 56.3 Å². The minimum Gasteiger partial charge on any atom is -0.331 e. The highest BCUT2D eigenvalue weighted by Gasteiger charge is 2.11. The molecule has 1 atom stereocenters. The number of amides is 2. The summed E-state index contributed by atoms with van der Waals surface area (Å²) in [7, 11) is 0. The molecule has 3 aromatic rings. The zero-order chi connectivity index (χ0) is 16.4. The molecule has 3 rings (SSSR count). The van der Waals surface area contributed by atoms with E-state index < -0.39 is 0 Å². The number of carbonyl (C=O) groups excluding carboxylic acids is 1. The summed E-state index contributed by atoms with van der Waals surface area (Å²) in [6, 6.07) is 12.7. The number of aromatic amines is 2. The number of nitrogens with one attached hydrogen (secondary N) is 4. The molecule has 1 aromatic heterocycles. The molecule has 6 heteroatoms. The SMILES string of the molecule is Cc1ccc(NC(=O)NC(C)c2ccc3[nH]c(=O)[nH]c3c2)cc1. The van der Waals surface area contributed by atoms with E-state index in [-0.39, 0.29) is 17.8 Å². The van der Waals surface area contributed by atoms with Crippen molar-refractivity contribution >= 4 is 22.8 Å². The van der Waals surface area contributed by atoms with Gasteiger partial charge in [-0.05, 0) is 43.7 Å². The van der Waals surface area contributed by atoms with Crippen LogP contribution in [0.2, 0.25) is 0 Å². The van der Waals surface area contributed by atoms with Gasteiger partial charge in [-0.25, -0.2) is 9.59 Å². The average molecular weight is 310 g/mol. The number of rotatable bonds is 3. The van der Waals surface area contributed by atoms with Crippen LogP contribution in [-0.4, -0.2) is 16.0 Å². The van der Waals surface area contributed by atoms with Crippen molar-refractivity contribution in [2.24, 2.45) is 0 Å². The van der Waals surface area contributed by atoms with Crippen molar-refractivity contribution in [3.8, 4) is 0 Å². The van der Waals surface area contributed by atoms with Crippen LogP contribution in [-0.2, 0) is 0 Å². The Morgan fingerprint density at radius 1 is 1.04 bits per heavy atom. The molecule has 0 radical (unpaired) electrons. The van der Waals surface area contributed by atoms with Crippen LogP contribution in [0.5, 0.6) is 0 Å². The van der Waals surface area contributed by atoms with Crippen LogP contribution in [0.4, 0.5) is 10.5 Å². The largest absolute Gasteiger partial charge is 0.331 e. The zero-order valence-corrected chi connectivity index (χ0v) is 12.9. The number of carbonyl (C=O) groups is 1. The lowest BCUT2D eigenvalue weighted by Crippen LogP contribution is -2.31. The van der Waals surface area contributed by atoms with E-state index in [4.69, 9.17) is 0 Å². The molecule has 0 spiro atoms. The summed E-state index contributed by atoms with van der Waals surface area (Å²) in [6.45, 7) is 3.88. The Labute approximate surface area is 132 Å². The highest BCUT2D eigenvalue weighted by atomic mass is 16.2. The van der Waals surface area contributed by atoms with Gasteiger partial charge in [0.1, 0.15) is 0 Å². The van der Waals surface area contributed by atoms with E-state index in [1.165, 1.54) is 0 Å². The third-order valence-corrected chi connectivity index (χ3v) is 3.70. The third kappa shape index (κ3) is 3.42. The minimum absolute atomic E-state index is 0.191. The van der Waals surface area contributed by atoms with Gasteiger partial charge in [0.2, 0.25) is 0 Å². The van der Waals surface area contributed by atoms with Crippen molar-refractivity contribution in [3.05, 3.63) is 64.1 Å². The minimum atomic E-state index is -0.274. The van der Waals surface area contributed by atoms with Gasteiger partial charge < -0.3 is 20.6 Å². The Hall–Kier alpha value is -3.02. The average Bonchev–Trinajstić information content (AvgIpc) is 2.88. The zero-order valence-electron chi connectivity index (χ0n) is 12.9. The van der Waals surface area contributed by atoms with E-state index in [2.05, 4.69) is 20.6 Å². The van der Waals surface area contributed by atoms with Gasteiger partial charge in [-0.15, -0.1) is 0 Å². The molecule has 0 aliphatic rings. The van der Waals surface area contributed by atoms with E-state index in [1.54, 1.807) is 0 Å². The molecule has 0 aliphatic carbocycles. The summed E-state index contributed by atoms with van der Waals surface area (Å²) in [6.07, 6.45) is 0. The summed E-state index contributed by atoms with van der Waals surface area (Å²) in [5.74, 6) is 0. The summed E-state index contributed by atoms with van der Waals surface area (Å²) in [5.41, 5.74) is 4.01. The number of anilines is 1. The summed E-state index contributed by atoms with van der Waals surface area (Å²) < 4.78 is 0. The fourth-order valence-electron chi connectivity index (χ4n) is 2.40. The molecule has 4 N–H and O–H groups in total. The van der Waals surface area contributed by atoms with Crippen LogP contribution >= 0.6 is 0 Å².